The predicted molar refractivity (Wildman–Crippen MR) is 87.7 cm³/mol. The Morgan fingerprint density at radius 2 is 1.95 bits per heavy atom. The molecular weight excluding hydrogens is 284 g/mol. The molecule has 2 fully saturated rings. The first-order chi connectivity index (χ1) is 9.91. The average molecular weight is 317 g/mol. The summed E-state index contributed by atoms with van der Waals surface area (Å²) in [4.78, 5) is 0. The molecule has 0 amide bonds. The molecule has 0 aromatic carbocycles. The van der Waals surface area contributed by atoms with Gasteiger partial charge in [-0.1, -0.05) is 26.7 Å². The molecule has 124 valence electrons. The number of hydrogen-bond donors (Lipinski definition) is 2. The highest BCUT2D eigenvalue weighted by Gasteiger charge is 2.35. The molecule has 1 unspecified atom stereocenters. The lowest BCUT2D eigenvalue weighted by Gasteiger charge is -2.31. The number of hydrogen-bond acceptors (Lipinski definition) is 3. The summed E-state index contributed by atoms with van der Waals surface area (Å²) in [6.45, 7) is 7.00. The fourth-order valence-corrected chi connectivity index (χ4v) is 5.69. The van der Waals surface area contributed by atoms with Crippen LogP contribution in [0.25, 0.3) is 0 Å². The zero-order chi connectivity index (χ0) is 15.3. The van der Waals surface area contributed by atoms with Gasteiger partial charge in [0.05, 0.1) is 5.75 Å². The highest BCUT2D eigenvalue weighted by molar-refractivity contribution is 7.89. The minimum Gasteiger partial charge on any atom is -0.316 e. The minimum atomic E-state index is -3.13. The molecule has 2 N–H and O–H groups in total. The molecule has 0 bridgehead atoms. The Bertz CT molecular complexity index is 408. The van der Waals surface area contributed by atoms with Crippen molar-refractivity contribution in [1.29, 1.82) is 0 Å². The van der Waals surface area contributed by atoms with Gasteiger partial charge in [0.25, 0.3) is 0 Å². The maximum atomic E-state index is 12.3. The maximum absolute atomic E-state index is 12.3. The molecule has 2 rings (SSSR count). The Labute approximate surface area is 130 Å². The van der Waals surface area contributed by atoms with Gasteiger partial charge in [0.2, 0.25) is 10.0 Å². The quantitative estimate of drug-likeness (QED) is 0.759. The van der Waals surface area contributed by atoms with Crippen LogP contribution in [-0.2, 0) is 10.0 Å². The van der Waals surface area contributed by atoms with Crippen molar-refractivity contribution in [3.05, 3.63) is 0 Å². The molecule has 0 spiro atoms. The van der Waals surface area contributed by atoms with Gasteiger partial charge in [-0.3, -0.25) is 0 Å². The fourth-order valence-electron chi connectivity index (χ4n) is 4.14. The summed E-state index contributed by atoms with van der Waals surface area (Å²) >= 11 is 0. The third kappa shape index (κ3) is 5.53. The molecule has 1 aliphatic heterocycles. The molecule has 1 atom stereocenters. The minimum absolute atomic E-state index is 0.214. The van der Waals surface area contributed by atoms with E-state index < -0.39 is 10.0 Å². The topological polar surface area (TPSA) is 58.2 Å². The second-order valence-electron chi connectivity index (χ2n) is 7.62. The summed E-state index contributed by atoms with van der Waals surface area (Å²) in [5, 5.41) is 3.30. The molecule has 1 saturated carbocycles. The van der Waals surface area contributed by atoms with Crippen LogP contribution in [0.3, 0.4) is 0 Å². The number of rotatable bonds is 7. The van der Waals surface area contributed by atoms with Crippen LogP contribution in [0.1, 0.15) is 58.8 Å². The van der Waals surface area contributed by atoms with E-state index in [9.17, 15) is 8.42 Å². The van der Waals surface area contributed by atoms with E-state index in [1.54, 1.807) is 0 Å². The molecule has 4 nitrogen and oxygen atoms in total. The molecule has 5 heteroatoms. The Morgan fingerprint density at radius 3 is 2.52 bits per heavy atom. The summed E-state index contributed by atoms with van der Waals surface area (Å²) < 4.78 is 27.6. The summed E-state index contributed by atoms with van der Waals surface area (Å²) in [5.74, 6) is 1.20. The van der Waals surface area contributed by atoms with Gasteiger partial charge in [-0.05, 0) is 62.4 Å². The summed E-state index contributed by atoms with van der Waals surface area (Å²) in [6.07, 6.45) is 8.13. The standard InChI is InChI=1S/C16H32N2O2S/c1-14(2)10-16(7-3-4-8-16)13-18-21(19,20)12-15-6-5-9-17-11-15/h14-15,17-18H,3-13H2,1-2H3. The predicted octanol–water partition coefficient (Wildman–Crippen LogP) is 2.51. The zero-order valence-corrected chi connectivity index (χ0v) is 14.5. The van der Waals surface area contributed by atoms with E-state index in [0.717, 1.165) is 32.4 Å². The number of nitrogens with one attached hydrogen (secondary N) is 2. The van der Waals surface area contributed by atoms with Crippen LogP contribution in [-0.4, -0.2) is 33.8 Å². The van der Waals surface area contributed by atoms with Gasteiger partial charge in [-0.15, -0.1) is 0 Å². The molecule has 1 aliphatic carbocycles. The lowest BCUT2D eigenvalue weighted by atomic mass is 9.79. The van der Waals surface area contributed by atoms with E-state index in [-0.39, 0.29) is 17.1 Å². The third-order valence-electron chi connectivity index (χ3n) is 5.03. The number of piperidine rings is 1. The Balaban J connectivity index is 1.86. The highest BCUT2D eigenvalue weighted by Crippen LogP contribution is 2.42. The van der Waals surface area contributed by atoms with Crippen LogP contribution in [0.4, 0.5) is 0 Å². The van der Waals surface area contributed by atoms with Crippen LogP contribution in [0, 0.1) is 17.3 Å². The number of sulfonamides is 1. The lowest BCUT2D eigenvalue weighted by molar-refractivity contribution is 0.236. The largest absolute Gasteiger partial charge is 0.316 e. The monoisotopic (exact) mass is 316 g/mol. The van der Waals surface area contributed by atoms with Crippen molar-refractivity contribution in [3.63, 3.8) is 0 Å². The second-order valence-corrected chi connectivity index (χ2v) is 9.47. The van der Waals surface area contributed by atoms with Crippen molar-refractivity contribution in [3.8, 4) is 0 Å². The first-order valence-electron chi connectivity index (χ1n) is 8.59. The lowest BCUT2D eigenvalue weighted by Crippen LogP contribution is -2.41. The average Bonchev–Trinajstić information content (AvgIpc) is 2.86. The van der Waals surface area contributed by atoms with E-state index in [0.29, 0.717) is 12.5 Å². The van der Waals surface area contributed by atoms with E-state index in [1.165, 1.54) is 25.7 Å². The van der Waals surface area contributed by atoms with Crippen LogP contribution < -0.4 is 10.0 Å². The van der Waals surface area contributed by atoms with Gasteiger partial charge < -0.3 is 5.32 Å². The van der Waals surface area contributed by atoms with E-state index >= 15 is 0 Å². The highest BCUT2D eigenvalue weighted by atomic mass is 32.2. The normalized spacial score (nSPS) is 26.3. The first-order valence-corrected chi connectivity index (χ1v) is 10.2. The van der Waals surface area contributed by atoms with Crippen molar-refractivity contribution < 1.29 is 8.42 Å². The Kier molecular flexibility index (Phi) is 6.09. The molecule has 21 heavy (non-hydrogen) atoms. The molecule has 1 heterocycles. The smallest absolute Gasteiger partial charge is 0.211 e. The molecule has 2 aliphatic rings. The molecule has 0 radical (unpaired) electrons. The van der Waals surface area contributed by atoms with Crippen molar-refractivity contribution in [1.82, 2.24) is 10.0 Å². The van der Waals surface area contributed by atoms with Crippen molar-refractivity contribution >= 4 is 10.0 Å². The zero-order valence-electron chi connectivity index (χ0n) is 13.7. The van der Waals surface area contributed by atoms with Crippen molar-refractivity contribution in [2.45, 2.75) is 58.8 Å². The Hall–Kier alpha value is -0.130. The van der Waals surface area contributed by atoms with Crippen LogP contribution in [0.2, 0.25) is 0 Å². The third-order valence-corrected chi connectivity index (χ3v) is 6.52. The molecular formula is C16H32N2O2S. The second kappa shape index (κ2) is 7.42. The van der Waals surface area contributed by atoms with Gasteiger partial charge in [0.15, 0.2) is 0 Å². The van der Waals surface area contributed by atoms with Gasteiger partial charge in [0.1, 0.15) is 0 Å². The maximum Gasteiger partial charge on any atom is 0.211 e. The van der Waals surface area contributed by atoms with Crippen LogP contribution in [0.5, 0.6) is 0 Å². The van der Waals surface area contributed by atoms with Crippen molar-refractivity contribution in [2.24, 2.45) is 17.3 Å². The van der Waals surface area contributed by atoms with Gasteiger partial charge >= 0.3 is 0 Å². The molecule has 0 aromatic rings. The summed E-state index contributed by atoms with van der Waals surface area (Å²) in [6, 6.07) is 0. The van der Waals surface area contributed by atoms with E-state index in [4.69, 9.17) is 0 Å². The van der Waals surface area contributed by atoms with Gasteiger partial charge in [-0.25, -0.2) is 13.1 Å². The summed E-state index contributed by atoms with van der Waals surface area (Å²) in [7, 11) is -3.13. The fraction of sp³-hybridized carbons (Fsp3) is 1.00. The molecule has 0 aromatic heterocycles. The van der Waals surface area contributed by atoms with E-state index in [2.05, 4.69) is 23.9 Å². The SMILES string of the molecule is CC(C)CC1(CNS(=O)(=O)CC2CCCNC2)CCCC1. The van der Waals surface area contributed by atoms with Crippen LogP contribution in [0.15, 0.2) is 0 Å². The van der Waals surface area contributed by atoms with Gasteiger partial charge in [-0.2, -0.15) is 0 Å². The van der Waals surface area contributed by atoms with Crippen molar-refractivity contribution in [2.75, 3.05) is 25.4 Å². The summed E-state index contributed by atoms with van der Waals surface area (Å²) in [5.41, 5.74) is 0.214. The van der Waals surface area contributed by atoms with Crippen LogP contribution >= 0.6 is 0 Å². The van der Waals surface area contributed by atoms with E-state index in [1.807, 2.05) is 0 Å². The first kappa shape index (κ1) is 17.2. The van der Waals surface area contributed by atoms with Gasteiger partial charge in [0, 0.05) is 6.54 Å². The Morgan fingerprint density at radius 1 is 1.24 bits per heavy atom. The molecule has 1 saturated heterocycles.